The van der Waals surface area contributed by atoms with Gasteiger partial charge >= 0.3 is 0 Å². The van der Waals surface area contributed by atoms with E-state index in [1.165, 1.54) is 11.8 Å². The summed E-state index contributed by atoms with van der Waals surface area (Å²) in [5, 5.41) is 10.2. The monoisotopic (exact) mass is 428 g/mol. The Hall–Kier alpha value is -4.13. The Morgan fingerprint density at radius 2 is 1.75 bits per heavy atom. The lowest BCUT2D eigenvalue weighted by molar-refractivity contribution is 0.0949. The number of nitrogens with one attached hydrogen (secondary N) is 2. The highest BCUT2D eigenvalue weighted by Crippen LogP contribution is 2.17. The van der Waals surface area contributed by atoms with Gasteiger partial charge < -0.3 is 15.1 Å². The zero-order chi connectivity index (χ0) is 22.5. The second-order valence-corrected chi connectivity index (χ2v) is 7.42. The van der Waals surface area contributed by atoms with Gasteiger partial charge in [0.25, 0.3) is 11.8 Å². The molecule has 162 valence electrons. The predicted molar refractivity (Wildman–Crippen MR) is 122 cm³/mol. The Bertz CT molecular complexity index is 1210. The Morgan fingerprint density at radius 1 is 1.00 bits per heavy atom. The maximum Gasteiger partial charge on any atom is 0.291 e. The van der Waals surface area contributed by atoms with Crippen molar-refractivity contribution in [2.45, 2.75) is 26.8 Å². The molecule has 0 saturated carbocycles. The number of benzene rings is 2. The van der Waals surface area contributed by atoms with Crippen molar-refractivity contribution in [2.24, 2.45) is 0 Å². The fourth-order valence-corrected chi connectivity index (χ4v) is 3.40. The molecule has 2 N–H and O–H groups in total. The number of aryl methyl sites for hydroxylation is 1. The smallest absolute Gasteiger partial charge is 0.291 e. The van der Waals surface area contributed by atoms with Gasteiger partial charge in [0, 0.05) is 12.2 Å². The number of anilines is 1. The van der Waals surface area contributed by atoms with Crippen molar-refractivity contribution in [3.8, 4) is 5.69 Å². The molecule has 2 aromatic heterocycles. The molecule has 0 aliphatic heterocycles. The lowest BCUT2D eigenvalue weighted by atomic mass is 10.1. The van der Waals surface area contributed by atoms with Gasteiger partial charge in [-0.2, -0.15) is 5.10 Å². The van der Waals surface area contributed by atoms with Crippen LogP contribution in [0.25, 0.3) is 5.69 Å². The Labute approximate surface area is 186 Å². The first-order valence-electron chi connectivity index (χ1n) is 10.4. The summed E-state index contributed by atoms with van der Waals surface area (Å²) in [5.41, 5.74) is 5.09. The summed E-state index contributed by atoms with van der Waals surface area (Å²) in [7, 11) is 0. The standard InChI is InChI=1S/C25H24N4O3/c1-3-22-21(16-27-29(22)20-12-6-17(2)7-13-20)24(30)26-15-18-8-10-19(11-9-18)28-25(31)23-5-4-14-32-23/h4-14,16H,3,15H2,1-2H3,(H,26,30)(H,28,31). The van der Waals surface area contributed by atoms with Crippen LogP contribution in [-0.2, 0) is 13.0 Å². The van der Waals surface area contributed by atoms with Crippen LogP contribution >= 0.6 is 0 Å². The van der Waals surface area contributed by atoms with Gasteiger partial charge in [-0.15, -0.1) is 0 Å². The Balaban J connectivity index is 1.39. The third-order valence-electron chi connectivity index (χ3n) is 5.14. The van der Waals surface area contributed by atoms with Gasteiger partial charge in [0.2, 0.25) is 0 Å². The third kappa shape index (κ3) is 4.62. The molecule has 0 bridgehead atoms. The minimum atomic E-state index is -0.311. The van der Waals surface area contributed by atoms with Gasteiger partial charge in [0.15, 0.2) is 5.76 Å². The minimum Gasteiger partial charge on any atom is -0.459 e. The number of nitrogens with zero attached hydrogens (tertiary/aromatic N) is 2. The zero-order valence-electron chi connectivity index (χ0n) is 18.0. The van der Waals surface area contributed by atoms with E-state index in [1.54, 1.807) is 30.5 Å². The van der Waals surface area contributed by atoms with Gasteiger partial charge in [-0.25, -0.2) is 4.68 Å². The van der Waals surface area contributed by atoms with Crippen LogP contribution < -0.4 is 10.6 Å². The average Bonchev–Trinajstić information content (AvgIpc) is 3.49. The molecule has 0 unspecified atom stereocenters. The van der Waals surface area contributed by atoms with E-state index in [2.05, 4.69) is 15.7 Å². The number of carbonyl (C=O) groups is 2. The maximum absolute atomic E-state index is 12.8. The highest BCUT2D eigenvalue weighted by atomic mass is 16.3. The van der Waals surface area contributed by atoms with Gasteiger partial charge in [0.05, 0.1) is 29.4 Å². The fourth-order valence-electron chi connectivity index (χ4n) is 3.40. The maximum atomic E-state index is 12.8. The van der Waals surface area contributed by atoms with Crippen LogP contribution in [0.15, 0.2) is 77.5 Å². The molecule has 4 aromatic rings. The number of hydrogen-bond acceptors (Lipinski definition) is 4. The molecule has 7 nitrogen and oxygen atoms in total. The summed E-state index contributed by atoms with van der Waals surface area (Å²) in [6, 6.07) is 18.6. The fraction of sp³-hybridized carbons (Fsp3) is 0.160. The molecule has 0 saturated heterocycles. The molecule has 0 spiro atoms. The van der Waals surface area contributed by atoms with Gasteiger partial charge in [-0.1, -0.05) is 36.8 Å². The molecular formula is C25H24N4O3. The molecule has 2 amide bonds. The van der Waals surface area contributed by atoms with Gasteiger partial charge in [-0.05, 0) is 55.3 Å². The summed E-state index contributed by atoms with van der Waals surface area (Å²) in [6.07, 6.45) is 3.75. The van der Waals surface area contributed by atoms with Crippen LogP contribution in [0.4, 0.5) is 5.69 Å². The largest absolute Gasteiger partial charge is 0.459 e. The molecule has 0 aliphatic carbocycles. The summed E-state index contributed by atoms with van der Waals surface area (Å²) in [6.45, 7) is 4.41. The van der Waals surface area contributed by atoms with Crippen molar-refractivity contribution in [2.75, 3.05) is 5.32 Å². The van der Waals surface area contributed by atoms with Crippen LogP contribution in [0, 0.1) is 6.92 Å². The van der Waals surface area contributed by atoms with E-state index >= 15 is 0 Å². The van der Waals surface area contributed by atoms with Crippen molar-refractivity contribution in [3.05, 3.63) is 101 Å². The highest BCUT2D eigenvalue weighted by Gasteiger charge is 2.17. The average molecular weight is 428 g/mol. The number of furan rings is 1. The van der Waals surface area contributed by atoms with Crippen molar-refractivity contribution < 1.29 is 14.0 Å². The SMILES string of the molecule is CCc1c(C(=O)NCc2ccc(NC(=O)c3ccco3)cc2)cnn1-c1ccc(C)cc1. The summed E-state index contributed by atoms with van der Waals surface area (Å²) < 4.78 is 6.90. The molecule has 0 radical (unpaired) electrons. The quantitative estimate of drug-likeness (QED) is 0.453. The Morgan fingerprint density at radius 3 is 2.41 bits per heavy atom. The molecule has 7 heteroatoms. The van der Waals surface area contributed by atoms with E-state index in [9.17, 15) is 9.59 Å². The summed E-state index contributed by atoms with van der Waals surface area (Å²) >= 11 is 0. The lowest BCUT2D eigenvalue weighted by Crippen LogP contribution is -2.23. The van der Waals surface area contributed by atoms with Crippen LogP contribution in [0.2, 0.25) is 0 Å². The number of amides is 2. The molecule has 2 aromatic carbocycles. The van der Waals surface area contributed by atoms with E-state index in [1.807, 2.05) is 54.9 Å². The lowest BCUT2D eigenvalue weighted by Gasteiger charge is -2.09. The first kappa shape index (κ1) is 21.1. The number of aromatic nitrogens is 2. The van der Waals surface area contributed by atoms with Crippen molar-refractivity contribution >= 4 is 17.5 Å². The van der Waals surface area contributed by atoms with E-state index in [-0.39, 0.29) is 17.6 Å². The van der Waals surface area contributed by atoms with Crippen molar-refractivity contribution in [1.29, 1.82) is 0 Å². The molecule has 0 fully saturated rings. The van der Waals surface area contributed by atoms with Crippen LogP contribution in [0.1, 0.15) is 44.7 Å². The number of hydrogen-bond donors (Lipinski definition) is 2. The topological polar surface area (TPSA) is 89.2 Å². The van der Waals surface area contributed by atoms with Crippen LogP contribution in [0.5, 0.6) is 0 Å². The van der Waals surface area contributed by atoms with Crippen molar-refractivity contribution in [1.82, 2.24) is 15.1 Å². The van der Waals surface area contributed by atoms with Gasteiger partial charge in [-0.3, -0.25) is 9.59 Å². The second-order valence-electron chi connectivity index (χ2n) is 7.42. The normalized spacial score (nSPS) is 10.7. The third-order valence-corrected chi connectivity index (χ3v) is 5.14. The zero-order valence-corrected chi connectivity index (χ0v) is 18.0. The van der Waals surface area contributed by atoms with Crippen LogP contribution in [-0.4, -0.2) is 21.6 Å². The minimum absolute atomic E-state index is 0.171. The van der Waals surface area contributed by atoms with Crippen LogP contribution in [0.3, 0.4) is 0 Å². The van der Waals surface area contributed by atoms with Crippen molar-refractivity contribution in [3.63, 3.8) is 0 Å². The van der Waals surface area contributed by atoms with E-state index < -0.39 is 0 Å². The number of rotatable bonds is 7. The molecule has 0 aliphatic rings. The predicted octanol–water partition coefficient (Wildman–Crippen LogP) is 4.52. The van der Waals surface area contributed by atoms with Gasteiger partial charge in [0.1, 0.15) is 0 Å². The summed E-state index contributed by atoms with van der Waals surface area (Å²) in [4.78, 5) is 24.9. The summed E-state index contributed by atoms with van der Waals surface area (Å²) in [5.74, 6) is -0.233. The molecular weight excluding hydrogens is 404 g/mol. The van der Waals surface area contributed by atoms with E-state index in [4.69, 9.17) is 4.42 Å². The Kier molecular flexibility index (Phi) is 6.17. The molecule has 2 heterocycles. The van der Waals surface area contributed by atoms with E-state index in [0.717, 1.165) is 16.9 Å². The number of carbonyl (C=O) groups excluding carboxylic acids is 2. The van der Waals surface area contributed by atoms with E-state index in [0.29, 0.717) is 24.2 Å². The first-order chi connectivity index (χ1) is 15.5. The molecule has 0 atom stereocenters. The highest BCUT2D eigenvalue weighted by molar-refractivity contribution is 6.02. The molecule has 4 rings (SSSR count). The second kappa shape index (κ2) is 9.34. The first-order valence-corrected chi connectivity index (χ1v) is 10.4. The molecule has 32 heavy (non-hydrogen) atoms.